The Hall–Kier alpha value is -4.51. The molecule has 0 radical (unpaired) electrons. The van der Waals surface area contributed by atoms with Crippen LogP contribution in [0.4, 0.5) is 24.7 Å². The number of carbonyl (C=O) groups is 1. The third kappa shape index (κ3) is 4.75. The maximum Gasteiger partial charge on any atom is 0.201 e. The molecule has 38 heavy (non-hydrogen) atoms. The SMILES string of the molecule is CN(C)c1ccc(-c2cnc3[nH]cc(C(=O)c4c(F)ccc(NS(=O)c5cccc(F)c5)c4F)c3c2)cn1. The highest BCUT2D eigenvalue weighted by Crippen LogP contribution is 2.30. The summed E-state index contributed by atoms with van der Waals surface area (Å²) in [7, 11) is 1.68. The number of nitrogens with zero attached hydrogens (tertiary/aromatic N) is 3. The lowest BCUT2D eigenvalue weighted by Crippen LogP contribution is -2.12. The van der Waals surface area contributed by atoms with Crippen molar-refractivity contribution in [2.45, 2.75) is 4.90 Å². The Labute approximate surface area is 218 Å². The first-order chi connectivity index (χ1) is 18.2. The molecule has 0 bridgehead atoms. The predicted molar refractivity (Wildman–Crippen MR) is 140 cm³/mol. The maximum atomic E-state index is 15.4. The minimum absolute atomic E-state index is 0.00780. The lowest BCUT2D eigenvalue weighted by Gasteiger charge is -2.12. The van der Waals surface area contributed by atoms with Gasteiger partial charge in [-0.2, -0.15) is 0 Å². The molecule has 3 heterocycles. The number of carbonyl (C=O) groups excluding carboxylic acids is 1. The van der Waals surface area contributed by atoms with Crippen LogP contribution in [0.1, 0.15) is 15.9 Å². The fourth-order valence-electron chi connectivity index (χ4n) is 3.89. The maximum absolute atomic E-state index is 15.4. The van der Waals surface area contributed by atoms with Crippen molar-refractivity contribution < 1.29 is 22.2 Å². The molecule has 7 nitrogen and oxygen atoms in total. The Balaban J connectivity index is 1.50. The highest BCUT2D eigenvalue weighted by Gasteiger charge is 2.25. The molecule has 0 aliphatic heterocycles. The fourth-order valence-corrected chi connectivity index (χ4v) is 4.78. The van der Waals surface area contributed by atoms with Crippen molar-refractivity contribution in [1.29, 1.82) is 0 Å². The number of fused-ring (bicyclic) bond motifs is 1. The quantitative estimate of drug-likeness (QED) is 0.270. The van der Waals surface area contributed by atoms with E-state index in [1.165, 1.54) is 24.4 Å². The van der Waals surface area contributed by atoms with Gasteiger partial charge in [0, 0.05) is 54.8 Å². The number of anilines is 2. The van der Waals surface area contributed by atoms with E-state index in [1.807, 2.05) is 31.1 Å². The van der Waals surface area contributed by atoms with Gasteiger partial charge < -0.3 is 9.88 Å². The molecular formula is C27H20F3N5O2S. The third-order valence-corrected chi connectivity index (χ3v) is 6.93. The molecule has 5 aromatic rings. The predicted octanol–water partition coefficient (Wildman–Crippen LogP) is 5.47. The van der Waals surface area contributed by atoms with Gasteiger partial charge in [-0.05, 0) is 48.5 Å². The van der Waals surface area contributed by atoms with Gasteiger partial charge in [-0.25, -0.2) is 27.3 Å². The van der Waals surface area contributed by atoms with Gasteiger partial charge in [-0.15, -0.1) is 0 Å². The summed E-state index contributed by atoms with van der Waals surface area (Å²) in [5.41, 5.74) is 0.571. The smallest absolute Gasteiger partial charge is 0.201 e. The van der Waals surface area contributed by atoms with Crippen LogP contribution in [-0.2, 0) is 11.0 Å². The molecule has 1 unspecified atom stereocenters. The average Bonchev–Trinajstić information content (AvgIpc) is 3.33. The first kappa shape index (κ1) is 25.2. The topological polar surface area (TPSA) is 91.0 Å². The number of hydrogen-bond acceptors (Lipinski definition) is 5. The second-order valence-corrected chi connectivity index (χ2v) is 9.78. The summed E-state index contributed by atoms with van der Waals surface area (Å²) in [6, 6.07) is 12.2. The zero-order chi connectivity index (χ0) is 27.0. The number of hydrogen-bond donors (Lipinski definition) is 2. The van der Waals surface area contributed by atoms with Gasteiger partial charge in [0.05, 0.1) is 16.1 Å². The van der Waals surface area contributed by atoms with Crippen LogP contribution in [0.15, 0.2) is 78.1 Å². The average molecular weight is 536 g/mol. The van der Waals surface area contributed by atoms with Crippen molar-refractivity contribution in [2.24, 2.45) is 0 Å². The molecule has 0 aliphatic rings. The van der Waals surface area contributed by atoms with Gasteiger partial charge in [-0.3, -0.25) is 9.52 Å². The van der Waals surface area contributed by atoms with E-state index in [-0.39, 0.29) is 16.1 Å². The molecule has 11 heteroatoms. The summed E-state index contributed by atoms with van der Waals surface area (Å²) in [4.78, 5) is 26.9. The number of H-pyrrole nitrogens is 1. The highest BCUT2D eigenvalue weighted by molar-refractivity contribution is 7.86. The summed E-state index contributed by atoms with van der Waals surface area (Å²) in [5.74, 6) is -3.09. The molecule has 0 aliphatic carbocycles. The lowest BCUT2D eigenvalue weighted by atomic mass is 10.00. The Kier molecular flexibility index (Phi) is 6.68. The number of aromatic amines is 1. The molecule has 2 aromatic carbocycles. The number of benzene rings is 2. The van der Waals surface area contributed by atoms with Crippen molar-refractivity contribution in [3.63, 3.8) is 0 Å². The van der Waals surface area contributed by atoms with Crippen LogP contribution in [0, 0.1) is 17.5 Å². The molecule has 0 spiro atoms. The van der Waals surface area contributed by atoms with Crippen molar-refractivity contribution >= 4 is 39.3 Å². The summed E-state index contributed by atoms with van der Waals surface area (Å²) < 4.78 is 58.7. The molecule has 0 fully saturated rings. The van der Waals surface area contributed by atoms with E-state index in [0.717, 1.165) is 29.6 Å². The molecule has 3 aromatic heterocycles. The van der Waals surface area contributed by atoms with Crippen LogP contribution in [0.2, 0.25) is 0 Å². The summed E-state index contributed by atoms with van der Waals surface area (Å²) in [6.07, 6.45) is 4.60. The molecule has 2 N–H and O–H groups in total. The van der Waals surface area contributed by atoms with Crippen molar-refractivity contribution in [2.75, 3.05) is 23.7 Å². The second kappa shape index (κ2) is 10.1. The molecule has 5 rings (SSSR count). The monoisotopic (exact) mass is 535 g/mol. The number of halogens is 3. The van der Waals surface area contributed by atoms with Crippen LogP contribution in [0.5, 0.6) is 0 Å². The van der Waals surface area contributed by atoms with Crippen molar-refractivity contribution in [3.8, 4) is 11.1 Å². The van der Waals surface area contributed by atoms with Crippen LogP contribution in [-0.4, -0.2) is 39.0 Å². The molecular weight excluding hydrogens is 515 g/mol. The van der Waals surface area contributed by atoms with E-state index >= 15 is 4.39 Å². The van der Waals surface area contributed by atoms with Crippen LogP contribution < -0.4 is 9.62 Å². The zero-order valence-corrected chi connectivity index (χ0v) is 20.9. The summed E-state index contributed by atoms with van der Waals surface area (Å²) >= 11 is 0. The third-order valence-electron chi connectivity index (χ3n) is 5.85. The van der Waals surface area contributed by atoms with E-state index in [2.05, 4.69) is 19.7 Å². The number of pyridine rings is 2. The van der Waals surface area contributed by atoms with Gasteiger partial charge in [0.1, 0.15) is 34.1 Å². The molecule has 192 valence electrons. The molecule has 1 atom stereocenters. The van der Waals surface area contributed by atoms with E-state index in [9.17, 15) is 17.8 Å². The van der Waals surface area contributed by atoms with E-state index < -0.39 is 39.8 Å². The fraction of sp³-hybridized carbons (Fsp3) is 0.0741. The molecule has 0 saturated carbocycles. The number of rotatable bonds is 7. The van der Waals surface area contributed by atoms with Gasteiger partial charge >= 0.3 is 0 Å². The highest BCUT2D eigenvalue weighted by atomic mass is 32.2. The van der Waals surface area contributed by atoms with Crippen LogP contribution >= 0.6 is 0 Å². The van der Waals surface area contributed by atoms with E-state index in [4.69, 9.17) is 0 Å². The number of aromatic nitrogens is 3. The first-order valence-electron chi connectivity index (χ1n) is 11.3. The Bertz CT molecular complexity index is 1700. The van der Waals surface area contributed by atoms with Crippen LogP contribution in [0.25, 0.3) is 22.2 Å². The van der Waals surface area contributed by atoms with Gasteiger partial charge in [0.25, 0.3) is 0 Å². The minimum Gasteiger partial charge on any atom is -0.363 e. The number of nitrogens with one attached hydrogen (secondary N) is 2. The summed E-state index contributed by atoms with van der Waals surface area (Å²) in [5, 5.41) is 0.365. The van der Waals surface area contributed by atoms with Gasteiger partial charge in [-0.1, -0.05) is 6.07 Å². The van der Waals surface area contributed by atoms with Crippen LogP contribution in [0.3, 0.4) is 0 Å². The largest absolute Gasteiger partial charge is 0.363 e. The standard InChI is InChI=1S/C27H20F3N5O2S/c1-35(2)23-9-6-15(12-31-23)16-10-19-20(14-33-27(19)32-13-16)26(36)24-21(29)7-8-22(25(24)30)34-38(37)18-5-3-4-17(28)11-18/h3-14,34H,1-2H3,(H,32,33). The van der Waals surface area contributed by atoms with Gasteiger partial charge in [0.15, 0.2) is 5.82 Å². The zero-order valence-electron chi connectivity index (χ0n) is 20.1. The lowest BCUT2D eigenvalue weighted by molar-refractivity contribution is 0.103. The molecule has 0 amide bonds. The Morgan fingerprint density at radius 2 is 1.76 bits per heavy atom. The number of ketones is 1. The first-order valence-corrected chi connectivity index (χ1v) is 12.5. The van der Waals surface area contributed by atoms with E-state index in [1.54, 1.807) is 18.5 Å². The Morgan fingerprint density at radius 3 is 2.47 bits per heavy atom. The Morgan fingerprint density at radius 1 is 0.974 bits per heavy atom. The van der Waals surface area contributed by atoms with Gasteiger partial charge in [0.2, 0.25) is 5.78 Å². The minimum atomic E-state index is -2.06. The summed E-state index contributed by atoms with van der Waals surface area (Å²) in [6.45, 7) is 0. The van der Waals surface area contributed by atoms with E-state index in [0.29, 0.717) is 16.6 Å². The normalized spacial score (nSPS) is 11.9. The molecule has 0 saturated heterocycles. The second-order valence-electron chi connectivity index (χ2n) is 8.56. The van der Waals surface area contributed by atoms with Crippen molar-refractivity contribution in [3.05, 3.63) is 102 Å². The van der Waals surface area contributed by atoms with Crippen molar-refractivity contribution in [1.82, 2.24) is 15.0 Å².